The van der Waals surface area contributed by atoms with Crippen LogP contribution in [-0.2, 0) is 41.2 Å². The highest BCUT2D eigenvalue weighted by molar-refractivity contribution is 7.86. The van der Waals surface area contributed by atoms with E-state index in [4.69, 9.17) is 4.55 Å². The van der Waals surface area contributed by atoms with Gasteiger partial charge in [-0.25, -0.2) is 8.86 Å². The number of anilines is 1. The van der Waals surface area contributed by atoms with Gasteiger partial charge in [-0.05, 0) is 91.7 Å². The summed E-state index contributed by atoms with van der Waals surface area (Å²) in [5.74, 6) is -0.531. The van der Waals surface area contributed by atoms with E-state index >= 15 is 0 Å². The van der Waals surface area contributed by atoms with Gasteiger partial charge in [-0.1, -0.05) is 24.3 Å². The van der Waals surface area contributed by atoms with Crippen LogP contribution in [-0.4, -0.2) is 61.2 Å². The van der Waals surface area contributed by atoms with Crippen LogP contribution in [0.25, 0.3) is 16.5 Å². The molecule has 0 aliphatic carbocycles. The first-order valence-corrected chi connectivity index (χ1v) is 18.9. The van der Waals surface area contributed by atoms with Crippen LogP contribution in [0.4, 0.5) is 17.1 Å². The Morgan fingerprint density at radius 2 is 1.57 bits per heavy atom. The zero-order chi connectivity index (χ0) is 37.3. The van der Waals surface area contributed by atoms with Gasteiger partial charge in [0.1, 0.15) is 10.6 Å². The minimum atomic E-state index is -4.84. The summed E-state index contributed by atoms with van der Waals surface area (Å²) >= 11 is 0. The lowest BCUT2D eigenvalue weighted by molar-refractivity contribution is 0.102. The van der Waals surface area contributed by atoms with Crippen LogP contribution in [0.3, 0.4) is 0 Å². The van der Waals surface area contributed by atoms with E-state index < -0.39 is 47.0 Å². The monoisotopic (exact) mass is 759 g/mol. The van der Waals surface area contributed by atoms with E-state index in [2.05, 4.69) is 24.8 Å². The van der Waals surface area contributed by atoms with Crippen molar-refractivity contribution >= 4 is 64.4 Å². The standard InChI is InChI=1S/C31H29N5O12S3/c1-18-16-23(9-14-27(18)49(39,40)41)32-30(37)21-6-10-24(11-7-21)36-31(38)28(19(2)35-36)34-33-26-13-8-22-17-20(4-3-15-48-51(45,46)47)5-12-25(22)29(26)50(42,43)44/h5-14,16-17,35H,3-4,15H2,1-2H3,(H,32,37)(H,39,40,41)(H,42,43,44)(H,45,46,47). The molecule has 51 heavy (non-hydrogen) atoms. The normalized spacial score (nSPS) is 12.5. The number of carbonyl (C=O) groups is 1. The molecule has 0 unspecified atom stereocenters. The van der Waals surface area contributed by atoms with Gasteiger partial charge in [-0.3, -0.25) is 28.3 Å². The van der Waals surface area contributed by atoms with Crippen molar-refractivity contribution in [1.29, 1.82) is 0 Å². The highest BCUT2D eigenvalue weighted by Crippen LogP contribution is 2.34. The fourth-order valence-corrected chi connectivity index (χ4v) is 7.08. The van der Waals surface area contributed by atoms with E-state index in [1.54, 1.807) is 12.1 Å². The smallest absolute Gasteiger partial charge is 0.322 e. The summed E-state index contributed by atoms with van der Waals surface area (Å²) in [7, 11) is -13.8. The Labute approximate surface area is 291 Å². The van der Waals surface area contributed by atoms with Gasteiger partial charge in [0.15, 0.2) is 5.69 Å². The van der Waals surface area contributed by atoms with Crippen molar-refractivity contribution in [3.8, 4) is 5.69 Å². The molecule has 0 saturated carbocycles. The molecule has 0 spiro atoms. The Balaban J connectivity index is 1.36. The topological polar surface area (TPSA) is 264 Å². The fourth-order valence-electron chi connectivity index (χ4n) is 5.21. The molecule has 1 heterocycles. The number of fused-ring (bicyclic) bond motifs is 1. The number of rotatable bonds is 12. The van der Waals surface area contributed by atoms with Gasteiger partial charge >= 0.3 is 10.4 Å². The highest BCUT2D eigenvalue weighted by atomic mass is 32.3. The molecule has 1 aromatic heterocycles. The Morgan fingerprint density at radius 3 is 2.20 bits per heavy atom. The lowest BCUT2D eigenvalue weighted by Crippen LogP contribution is -2.15. The number of nitrogens with zero attached hydrogens (tertiary/aromatic N) is 3. The molecule has 0 bridgehead atoms. The van der Waals surface area contributed by atoms with E-state index in [9.17, 15) is 43.9 Å². The van der Waals surface area contributed by atoms with Crippen LogP contribution in [0.5, 0.6) is 0 Å². The van der Waals surface area contributed by atoms with Crippen LogP contribution in [0.15, 0.2) is 97.6 Å². The number of H-pyrrole nitrogens is 1. The second-order valence-corrected chi connectivity index (χ2v) is 15.0. The van der Waals surface area contributed by atoms with Gasteiger partial charge in [0.05, 0.1) is 22.9 Å². The molecule has 0 saturated heterocycles. The van der Waals surface area contributed by atoms with Crippen LogP contribution < -0.4 is 10.9 Å². The summed E-state index contributed by atoms with van der Waals surface area (Å²) in [6.07, 6.45) is 0.563. The molecule has 0 radical (unpaired) electrons. The van der Waals surface area contributed by atoms with Gasteiger partial charge in [0.2, 0.25) is 0 Å². The Hall–Kier alpha value is -5.09. The van der Waals surface area contributed by atoms with E-state index in [0.717, 1.165) is 10.7 Å². The van der Waals surface area contributed by atoms with Crippen molar-refractivity contribution in [3.63, 3.8) is 0 Å². The predicted octanol–water partition coefficient (Wildman–Crippen LogP) is 4.85. The number of aromatic nitrogens is 2. The van der Waals surface area contributed by atoms with Crippen molar-refractivity contribution in [3.05, 3.63) is 106 Å². The average molecular weight is 760 g/mol. The van der Waals surface area contributed by atoms with Gasteiger partial charge in [0, 0.05) is 16.6 Å². The Bertz CT molecular complexity index is 2600. The van der Waals surface area contributed by atoms with Gasteiger partial charge < -0.3 is 5.32 Å². The quantitative estimate of drug-likeness (QED) is 0.0649. The number of aromatic amines is 1. The van der Waals surface area contributed by atoms with Gasteiger partial charge in [-0.15, -0.1) is 10.2 Å². The van der Waals surface area contributed by atoms with Crippen molar-refractivity contribution in [2.75, 3.05) is 11.9 Å². The molecule has 0 fully saturated rings. The molecule has 0 aliphatic rings. The molecule has 5 rings (SSSR count). The van der Waals surface area contributed by atoms with Crippen molar-refractivity contribution in [1.82, 2.24) is 9.78 Å². The number of aryl methyl sites for hydroxylation is 3. The van der Waals surface area contributed by atoms with Gasteiger partial charge in [-0.2, -0.15) is 25.3 Å². The number of azo groups is 1. The highest BCUT2D eigenvalue weighted by Gasteiger charge is 2.21. The molecule has 0 atom stereocenters. The summed E-state index contributed by atoms with van der Waals surface area (Å²) in [5, 5.41) is 14.0. The molecule has 0 aliphatic heterocycles. The minimum Gasteiger partial charge on any atom is -0.322 e. The zero-order valence-corrected chi connectivity index (χ0v) is 29.1. The second kappa shape index (κ2) is 14.3. The lowest BCUT2D eigenvalue weighted by Gasteiger charge is -2.09. The molecule has 5 aromatic rings. The third-order valence-corrected chi connectivity index (χ3v) is 9.93. The third-order valence-electron chi connectivity index (χ3n) is 7.51. The summed E-state index contributed by atoms with van der Waals surface area (Å²) in [5.41, 5.74) is 0.941. The Kier molecular flexibility index (Phi) is 10.4. The van der Waals surface area contributed by atoms with E-state index in [1.807, 2.05) is 0 Å². The predicted molar refractivity (Wildman–Crippen MR) is 184 cm³/mol. The van der Waals surface area contributed by atoms with Gasteiger partial charge in [0.25, 0.3) is 31.7 Å². The second-order valence-electron chi connectivity index (χ2n) is 11.2. The van der Waals surface area contributed by atoms with Crippen molar-refractivity contribution in [2.45, 2.75) is 36.5 Å². The number of nitrogens with one attached hydrogen (secondary N) is 2. The largest absolute Gasteiger partial charge is 0.397 e. The zero-order valence-electron chi connectivity index (χ0n) is 26.6. The molecule has 1 amide bonds. The first-order chi connectivity index (χ1) is 23.8. The van der Waals surface area contributed by atoms with E-state index in [1.165, 1.54) is 68.4 Å². The lowest BCUT2D eigenvalue weighted by atomic mass is 10.0. The maximum absolute atomic E-state index is 13.3. The van der Waals surface area contributed by atoms with Crippen molar-refractivity contribution in [2.24, 2.45) is 10.2 Å². The summed E-state index contributed by atoms with van der Waals surface area (Å²) in [6, 6.07) is 17.2. The average Bonchev–Trinajstić information content (AvgIpc) is 3.32. The molecular weight excluding hydrogens is 731 g/mol. The number of amides is 1. The fraction of sp³-hybridized carbons (Fsp3) is 0.161. The molecule has 268 valence electrons. The number of benzene rings is 4. The van der Waals surface area contributed by atoms with Crippen LogP contribution >= 0.6 is 0 Å². The van der Waals surface area contributed by atoms with E-state index in [-0.39, 0.29) is 57.2 Å². The molecule has 20 heteroatoms. The SMILES string of the molecule is Cc1cc(NC(=O)c2ccc(-n3[nH]c(C)c(N=Nc4ccc5cc(CCCOS(=O)(=O)O)ccc5c4S(=O)(=O)O)c3=O)cc2)ccc1S(=O)(=O)O. The molecule has 4 aromatic carbocycles. The first-order valence-electron chi connectivity index (χ1n) is 14.7. The maximum atomic E-state index is 13.3. The third kappa shape index (κ3) is 8.80. The van der Waals surface area contributed by atoms with E-state index in [0.29, 0.717) is 23.1 Å². The maximum Gasteiger partial charge on any atom is 0.397 e. The Morgan fingerprint density at radius 1 is 0.863 bits per heavy atom. The molecule has 5 N–H and O–H groups in total. The molecular formula is C31H29N5O12S3. The number of carbonyl (C=O) groups excluding carboxylic acids is 1. The summed E-state index contributed by atoms with van der Waals surface area (Å²) < 4.78 is 103. The number of hydrogen-bond donors (Lipinski definition) is 5. The van der Waals surface area contributed by atoms with Crippen molar-refractivity contribution < 1.29 is 47.9 Å². The summed E-state index contributed by atoms with van der Waals surface area (Å²) in [6.45, 7) is 2.73. The van der Waals surface area contributed by atoms with Crippen LogP contribution in [0.1, 0.15) is 33.6 Å². The number of hydrogen-bond acceptors (Lipinski definition) is 11. The summed E-state index contributed by atoms with van der Waals surface area (Å²) in [4.78, 5) is 25.3. The van der Waals surface area contributed by atoms with Crippen LogP contribution in [0, 0.1) is 13.8 Å². The first kappa shape index (κ1) is 37.2. The minimum absolute atomic E-state index is 0.115. The van der Waals surface area contributed by atoms with Crippen LogP contribution in [0.2, 0.25) is 0 Å². The molecule has 17 nitrogen and oxygen atoms in total.